The van der Waals surface area contributed by atoms with E-state index in [2.05, 4.69) is 0 Å². The molecule has 5 heteroatoms. The molecule has 0 saturated carbocycles. The van der Waals surface area contributed by atoms with Gasteiger partial charge in [-0.05, 0) is 17.7 Å². The molecular formula is C11H14O4S. The number of ether oxygens (including phenoxy) is 1. The van der Waals surface area contributed by atoms with Crippen LogP contribution in [0, 0.1) is 0 Å². The monoisotopic (exact) mass is 242 g/mol. The van der Waals surface area contributed by atoms with Gasteiger partial charge in [0.2, 0.25) is 0 Å². The molecule has 1 rings (SSSR count). The van der Waals surface area contributed by atoms with E-state index >= 15 is 0 Å². The van der Waals surface area contributed by atoms with E-state index < -0.39 is 16.8 Å². The van der Waals surface area contributed by atoms with Crippen LogP contribution in [0.5, 0.6) is 0 Å². The summed E-state index contributed by atoms with van der Waals surface area (Å²) in [4.78, 5) is 11.2. The van der Waals surface area contributed by atoms with E-state index in [9.17, 15) is 9.00 Å². The van der Waals surface area contributed by atoms with Crippen molar-refractivity contribution in [2.24, 2.45) is 0 Å². The zero-order valence-electron chi connectivity index (χ0n) is 9.01. The Morgan fingerprint density at radius 1 is 1.38 bits per heavy atom. The molecule has 16 heavy (non-hydrogen) atoms. The molecule has 0 fully saturated rings. The van der Waals surface area contributed by atoms with Gasteiger partial charge in [-0.25, -0.2) is 0 Å². The number of carbonyl (C=O) groups is 1. The van der Waals surface area contributed by atoms with E-state index in [-0.39, 0.29) is 6.42 Å². The number of carboxylic acids is 1. The minimum absolute atomic E-state index is 0.00894. The fourth-order valence-corrected chi connectivity index (χ4v) is 2.20. The molecular weight excluding hydrogens is 228 g/mol. The number of carboxylic acid groups (broad SMARTS) is 1. The molecule has 0 aliphatic carbocycles. The lowest BCUT2D eigenvalue weighted by Gasteiger charge is -2.02. The van der Waals surface area contributed by atoms with E-state index in [0.717, 1.165) is 0 Å². The van der Waals surface area contributed by atoms with Crippen LogP contribution < -0.4 is 0 Å². The molecule has 0 aromatic heterocycles. The second-order valence-electron chi connectivity index (χ2n) is 3.26. The molecule has 0 aliphatic heterocycles. The van der Waals surface area contributed by atoms with Crippen molar-refractivity contribution < 1.29 is 18.8 Å². The Morgan fingerprint density at radius 2 is 2.00 bits per heavy atom. The van der Waals surface area contributed by atoms with Crippen LogP contribution in [0.1, 0.15) is 5.56 Å². The second kappa shape index (κ2) is 6.40. The number of rotatable bonds is 6. The Kier molecular flexibility index (Phi) is 5.14. The Balaban J connectivity index is 2.63. The highest BCUT2D eigenvalue weighted by atomic mass is 32.2. The highest BCUT2D eigenvalue weighted by Crippen LogP contribution is 2.09. The number of hydrogen-bond acceptors (Lipinski definition) is 3. The predicted molar refractivity (Wildman–Crippen MR) is 60.9 cm³/mol. The highest BCUT2D eigenvalue weighted by Gasteiger charge is 2.04. The molecule has 0 saturated heterocycles. The van der Waals surface area contributed by atoms with Crippen molar-refractivity contribution in [2.75, 3.05) is 19.5 Å². The highest BCUT2D eigenvalue weighted by molar-refractivity contribution is 7.85. The van der Waals surface area contributed by atoms with Crippen LogP contribution in [0.15, 0.2) is 29.2 Å². The zero-order valence-corrected chi connectivity index (χ0v) is 9.83. The first-order valence-corrected chi connectivity index (χ1v) is 6.13. The molecule has 1 aromatic rings. The number of methoxy groups -OCH3 is 1. The maximum atomic E-state index is 11.7. The summed E-state index contributed by atoms with van der Waals surface area (Å²) in [5.41, 5.74) is 0.708. The Hall–Kier alpha value is -1.20. The molecule has 1 atom stereocenters. The molecule has 1 aromatic carbocycles. The first kappa shape index (κ1) is 12.9. The van der Waals surface area contributed by atoms with Gasteiger partial charge in [0, 0.05) is 12.0 Å². The van der Waals surface area contributed by atoms with Crippen molar-refractivity contribution in [1.82, 2.24) is 0 Å². The number of aliphatic carboxylic acids is 1. The van der Waals surface area contributed by atoms with Crippen LogP contribution in [0.4, 0.5) is 0 Å². The Bertz CT molecular complexity index is 372. The van der Waals surface area contributed by atoms with E-state index in [1.54, 1.807) is 31.4 Å². The van der Waals surface area contributed by atoms with Gasteiger partial charge in [-0.1, -0.05) is 12.1 Å². The van der Waals surface area contributed by atoms with E-state index in [1.807, 2.05) is 0 Å². The molecule has 4 nitrogen and oxygen atoms in total. The molecule has 88 valence electrons. The molecule has 0 amide bonds. The quantitative estimate of drug-likeness (QED) is 0.810. The van der Waals surface area contributed by atoms with Crippen LogP contribution in [-0.4, -0.2) is 34.8 Å². The Labute approximate surface area is 96.7 Å². The molecule has 0 unspecified atom stereocenters. The third-order valence-corrected chi connectivity index (χ3v) is 3.35. The smallest absolute Gasteiger partial charge is 0.307 e. The summed E-state index contributed by atoms with van der Waals surface area (Å²) in [5, 5.41) is 8.59. The van der Waals surface area contributed by atoms with Crippen molar-refractivity contribution in [3.63, 3.8) is 0 Å². The van der Waals surface area contributed by atoms with Crippen molar-refractivity contribution in [1.29, 1.82) is 0 Å². The van der Waals surface area contributed by atoms with Gasteiger partial charge in [0.1, 0.15) is 0 Å². The van der Waals surface area contributed by atoms with Gasteiger partial charge in [0.15, 0.2) is 0 Å². The first-order valence-electron chi connectivity index (χ1n) is 4.81. The lowest BCUT2D eigenvalue weighted by atomic mass is 10.2. The lowest BCUT2D eigenvalue weighted by Crippen LogP contribution is -2.05. The SMILES string of the molecule is COCC[S@](=O)c1ccc(CC(=O)O)cc1. The van der Waals surface area contributed by atoms with E-state index in [0.29, 0.717) is 22.8 Å². The largest absolute Gasteiger partial charge is 0.481 e. The minimum atomic E-state index is -1.08. The van der Waals surface area contributed by atoms with Crippen LogP contribution in [-0.2, 0) is 26.8 Å². The summed E-state index contributed by atoms with van der Waals surface area (Å²) >= 11 is 0. The summed E-state index contributed by atoms with van der Waals surface area (Å²) < 4.78 is 16.5. The van der Waals surface area contributed by atoms with Crippen LogP contribution >= 0.6 is 0 Å². The number of hydrogen-bond donors (Lipinski definition) is 1. The topological polar surface area (TPSA) is 63.6 Å². The van der Waals surface area contributed by atoms with Gasteiger partial charge in [0.25, 0.3) is 0 Å². The van der Waals surface area contributed by atoms with Gasteiger partial charge < -0.3 is 9.84 Å². The standard InChI is InChI=1S/C11H14O4S/c1-15-6-7-16(14)10-4-2-9(3-5-10)8-11(12)13/h2-5H,6-8H2,1H3,(H,12,13)/t16-/m0/s1. The van der Waals surface area contributed by atoms with Crippen molar-refractivity contribution in [3.8, 4) is 0 Å². The lowest BCUT2D eigenvalue weighted by molar-refractivity contribution is -0.136. The molecule has 0 bridgehead atoms. The van der Waals surface area contributed by atoms with Gasteiger partial charge in [-0.15, -0.1) is 0 Å². The van der Waals surface area contributed by atoms with Gasteiger partial charge in [-0.2, -0.15) is 0 Å². The summed E-state index contributed by atoms with van der Waals surface area (Å²) in [6.07, 6.45) is -0.00894. The molecule has 0 spiro atoms. The maximum absolute atomic E-state index is 11.7. The summed E-state index contributed by atoms with van der Waals surface area (Å²) in [5.74, 6) is -0.414. The summed E-state index contributed by atoms with van der Waals surface area (Å²) in [7, 11) is 0.486. The fraction of sp³-hybridized carbons (Fsp3) is 0.364. The van der Waals surface area contributed by atoms with Crippen molar-refractivity contribution in [3.05, 3.63) is 29.8 Å². The van der Waals surface area contributed by atoms with Crippen molar-refractivity contribution in [2.45, 2.75) is 11.3 Å². The van der Waals surface area contributed by atoms with E-state index in [1.165, 1.54) is 0 Å². The normalized spacial score (nSPS) is 12.3. The average Bonchev–Trinajstić information content (AvgIpc) is 2.26. The molecule has 1 N–H and O–H groups in total. The molecule has 0 aliphatic rings. The number of benzene rings is 1. The molecule has 0 heterocycles. The third-order valence-electron chi connectivity index (χ3n) is 2.01. The summed E-state index contributed by atoms with van der Waals surface area (Å²) in [6, 6.07) is 6.77. The van der Waals surface area contributed by atoms with E-state index in [4.69, 9.17) is 9.84 Å². The molecule has 0 radical (unpaired) electrons. The Morgan fingerprint density at radius 3 is 2.50 bits per heavy atom. The maximum Gasteiger partial charge on any atom is 0.307 e. The van der Waals surface area contributed by atoms with Crippen LogP contribution in [0.25, 0.3) is 0 Å². The van der Waals surface area contributed by atoms with Gasteiger partial charge in [-0.3, -0.25) is 9.00 Å². The van der Waals surface area contributed by atoms with Crippen LogP contribution in [0.3, 0.4) is 0 Å². The third kappa shape index (κ3) is 4.12. The zero-order chi connectivity index (χ0) is 12.0. The van der Waals surface area contributed by atoms with Crippen LogP contribution in [0.2, 0.25) is 0 Å². The predicted octanol–water partition coefficient (Wildman–Crippen LogP) is 1.07. The van der Waals surface area contributed by atoms with Gasteiger partial charge in [0.05, 0.1) is 29.6 Å². The van der Waals surface area contributed by atoms with Crippen molar-refractivity contribution >= 4 is 16.8 Å². The minimum Gasteiger partial charge on any atom is -0.481 e. The fourth-order valence-electron chi connectivity index (χ4n) is 1.21. The van der Waals surface area contributed by atoms with Gasteiger partial charge >= 0.3 is 5.97 Å². The average molecular weight is 242 g/mol. The summed E-state index contributed by atoms with van der Waals surface area (Å²) in [6.45, 7) is 0.448. The first-order chi connectivity index (χ1) is 7.63. The second-order valence-corrected chi connectivity index (χ2v) is 4.83.